The first-order valence-corrected chi connectivity index (χ1v) is 10.00. The lowest BCUT2D eigenvalue weighted by Crippen LogP contribution is -2.35. The number of amides is 3. The second-order valence-electron chi connectivity index (χ2n) is 6.91. The van der Waals surface area contributed by atoms with E-state index in [-0.39, 0.29) is 12.5 Å². The average molecular weight is 438 g/mol. The van der Waals surface area contributed by atoms with Crippen molar-refractivity contribution in [3.63, 3.8) is 0 Å². The quantitative estimate of drug-likeness (QED) is 0.616. The van der Waals surface area contributed by atoms with E-state index in [2.05, 4.69) is 5.32 Å². The Morgan fingerprint density at radius 2 is 1.61 bits per heavy atom. The first-order chi connectivity index (χ1) is 15.0. The average Bonchev–Trinajstić information content (AvgIpc) is 2.78. The van der Waals surface area contributed by atoms with Gasteiger partial charge in [0, 0.05) is 28.0 Å². The Morgan fingerprint density at radius 3 is 2.29 bits per heavy atom. The van der Waals surface area contributed by atoms with E-state index in [1.165, 1.54) is 4.90 Å². The van der Waals surface area contributed by atoms with Gasteiger partial charge in [0.1, 0.15) is 13.2 Å². The van der Waals surface area contributed by atoms with Gasteiger partial charge in [0.05, 0.1) is 6.54 Å². The summed E-state index contributed by atoms with van der Waals surface area (Å²) in [6.07, 6.45) is 0. The van der Waals surface area contributed by atoms with E-state index in [1.54, 1.807) is 66.7 Å². The number of nitrogens with one attached hydrogen (secondary N) is 1. The van der Waals surface area contributed by atoms with Gasteiger partial charge in [-0.15, -0.1) is 0 Å². The Hall–Kier alpha value is -3.71. The highest BCUT2D eigenvalue weighted by Gasteiger charge is 2.15. The van der Waals surface area contributed by atoms with Crippen LogP contribution in [0.3, 0.4) is 0 Å². The smallest absolute Gasteiger partial charge is 0.319 e. The fourth-order valence-electron chi connectivity index (χ4n) is 3.19. The number of ether oxygens (including phenoxy) is 2. The maximum atomic E-state index is 12.6. The molecule has 0 saturated heterocycles. The van der Waals surface area contributed by atoms with Crippen LogP contribution in [0.1, 0.15) is 15.9 Å². The summed E-state index contributed by atoms with van der Waals surface area (Å²) in [6.45, 7) is 1.25. The SMILES string of the molecule is NC(=O)N(Cc1ccc(C(=O)Nc2ccc3c(c2)OCCO3)cc1)c1ccc(Cl)cc1. The van der Waals surface area contributed by atoms with Gasteiger partial charge >= 0.3 is 6.03 Å². The lowest BCUT2D eigenvalue weighted by Gasteiger charge is -2.21. The van der Waals surface area contributed by atoms with Crippen molar-refractivity contribution in [1.82, 2.24) is 0 Å². The highest BCUT2D eigenvalue weighted by atomic mass is 35.5. The highest BCUT2D eigenvalue weighted by molar-refractivity contribution is 6.30. The van der Waals surface area contributed by atoms with E-state index >= 15 is 0 Å². The summed E-state index contributed by atoms with van der Waals surface area (Å²) < 4.78 is 11.0. The van der Waals surface area contributed by atoms with Crippen molar-refractivity contribution in [3.05, 3.63) is 82.9 Å². The number of benzene rings is 3. The number of nitrogens with zero attached hydrogens (tertiary/aromatic N) is 1. The molecule has 158 valence electrons. The molecule has 1 aliphatic rings. The lowest BCUT2D eigenvalue weighted by atomic mass is 10.1. The number of fused-ring (bicyclic) bond motifs is 1. The number of anilines is 2. The summed E-state index contributed by atoms with van der Waals surface area (Å²) in [5, 5.41) is 3.42. The van der Waals surface area contributed by atoms with Crippen molar-refractivity contribution in [3.8, 4) is 11.5 Å². The molecule has 4 rings (SSSR count). The topological polar surface area (TPSA) is 93.9 Å². The van der Waals surface area contributed by atoms with Crippen LogP contribution in [0.15, 0.2) is 66.7 Å². The van der Waals surface area contributed by atoms with Crippen molar-refractivity contribution >= 4 is 34.9 Å². The van der Waals surface area contributed by atoms with E-state index in [0.29, 0.717) is 46.7 Å². The van der Waals surface area contributed by atoms with E-state index < -0.39 is 6.03 Å². The number of hydrogen-bond donors (Lipinski definition) is 2. The highest BCUT2D eigenvalue weighted by Crippen LogP contribution is 2.32. The molecule has 0 atom stereocenters. The molecular weight excluding hydrogens is 418 g/mol. The molecule has 3 aromatic carbocycles. The molecule has 1 aliphatic heterocycles. The monoisotopic (exact) mass is 437 g/mol. The molecule has 8 heteroatoms. The van der Waals surface area contributed by atoms with Crippen LogP contribution in [0.25, 0.3) is 0 Å². The summed E-state index contributed by atoms with van der Waals surface area (Å²) in [5.41, 5.74) is 8.09. The van der Waals surface area contributed by atoms with Gasteiger partial charge in [0.2, 0.25) is 0 Å². The number of nitrogens with two attached hydrogens (primary N) is 1. The Bertz CT molecular complexity index is 1100. The van der Waals surface area contributed by atoms with Crippen molar-refractivity contribution in [1.29, 1.82) is 0 Å². The first kappa shape index (κ1) is 20.6. The van der Waals surface area contributed by atoms with Gasteiger partial charge < -0.3 is 20.5 Å². The fourth-order valence-corrected chi connectivity index (χ4v) is 3.31. The fraction of sp³-hybridized carbons (Fsp3) is 0.130. The van der Waals surface area contributed by atoms with Crippen LogP contribution in [0.4, 0.5) is 16.2 Å². The Labute approximate surface area is 184 Å². The van der Waals surface area contributed by atoms with Gasteiger partial charge in [-0.25, -0.2) is 4.79 Å². The molecule has 7 nitrogen and oxygen atoms in total. The third-order valence-electron chi connectivity index (χ3n) is 4.76. The third kappa shape index (κ3) is 4.90. The van der Waals surface area contributed by atoms with Gasteiger partial charge in [-0.1, -0.05) is 23.7 Å². The molecule has 0 bridgehead atoms. The maximum Gasteiger partial charge on any atom is 0.319 e. The molecule has 0 fully saturated rings. The molecule has 0 saturated carbocycles. The minimum atomic E-state index is -0.581. The lowest BCUT2D eigenvalue weighted by molar-refractivity contribution is 0.102. The first-order valence-electron chi connectivity index (χ1n) is 9.62. The summed E-state index contributed by atoms with van der Waals surface area (Å²) in [6, 6.07) is 18.5. The van der Waals surface area contributed by atoms with Crippen LogP contribution in [0, 0.1) is 0 Å². The van der Waals surface area contributed by atoms with E-state index in [9.17, 15) is 9.59 Å². The molecule has 3 amide bonds. The third-order valence-corrected chi connectivity index (χ3v) is 5.01. The van der Waals surface area contributed by atoms with Crippen LogP contribution in [0.2, 0.25) is 5.02 Å². The minimum absolute atomic E-state index is 0.257. The van der Waals surface area contributed by atoms with Gasteiger partial charge in [0.15, 0.2) is 11.5 Å². The number of carbonyl (C=O) groups is 2. The van der Waals surface area contributed by atoms with Crippen LogP contribution in [0.5, 0.6) is 11.5 Å². The predicted octanol–water partition coefficient (Wildman–Crippen LogP) is 4.45. The van der Waals surface area contributed by atoms with Gasteiger partial charge in [-0.2, -0.15) is 0 Å². The molecule has 0 aliphatic carbocycles. The van der Waals surface area contributed by atoms with Crippen molar-refractivity contribution in [2.75, 3.05) is 23.4 Å². The maximum absolute atomic E-state index is 12.6. The second kappa shape index (κ2) is 8.97. The normalized spacial score (nSPS) is 12.2. The molecule has 0 radical (unpaired) electrons. The molecule has 0 unspecified atom stereocenters. The number of halogens is 1. The number of hydrogen-bond acceptors (Lipinski definition) is 4. The van der Waals surface area contributed by atoms with Crippen LogP contribution in [-0.4, -0.2) is 25.2 Å². The molecule has 0 aromatic heterocycles. The number of urea groups is 1. The van der Waals surface area contributed by atoms with Crippen molar-refractivity contribution < 1.29 is 19.1 Å². The molecule has 31 heavy (non-hydrogen) atoms. The standard InChI is InChI=1S/C23H20ClN3O4/c24-17-5-8-19(9-6-17)27(23(25)29)14-15-1-3-16(4-2-15)22(28)26-18-7-10-20-21(13-18)31-12-11-30-20/h1-10,13H,11-12,14H2,(H2,25,29)(H,26,28). The molecule has 0 spiro atoms. The zero-order valence-corrected chi connectivity index (χ0v) is 17.3. The van der Waals surface area contributed by atoms with Gasteiger partial charge in [0.25, 0.3) is 5.91 Å². The molecular formula is C23H20ClN3O4. The van der Waals surface area contributed by atoms with Crippen LogP contribution < -0.4 is 25.4 Å². The van der Waals surface area contributed by atoms with Crippen molar-refractivity contribution in [2.24, 2.45) is 5.73 Å². The summed E-state index contributed by atoms with van der Waals surface area (Å²) in [5.74, 6) is 1.01. The van der Waals surface area contributed by atoms with Gasteiger partial charge in [-0.3, -0.25) is 9.69 Å². The second-order valence-corrected chi connectivity index (χ2v) is 7.35. The number of carbonyl (C=O) groups excluding carboxylic acids is 2. The van der Waals surface area contributed by atoms with E-state index in [4.69, 9.17) is 26.8 Å². The van der Waals surface area contributed by atoms with Crippen LogP contribution >= 0.6 is 11.6 Å². The molecule has 1 heterocycles. The molecule has 3 N–H and O–H groups in total. The Morgan fingerprint density at radius 1 is 0.935 bits per heavy atom. The largest absolute Gasteiger partial charge is 0.486 e. The number of rotatable bonds is 5. The van der Waals surface area contributed by atoms with E-state index in [1.807, 2.05) is 0 Å². The molecule has 3 aromatic rings. The summed E-state index contributed by atoms with van der Waals surface area (Å²) in [7, 11) is 0. The zero-order valence-electron chi connectivity index (χ0n) is 16.5. The minimum Gasteiger partial charge on any atom is -0.486 e. The Balaban J connectivity index is 1.44. The van der Waals surface area contributed by atoms with Crippen LogP contribution in [-0.2, 0) is 6.54 Å². The zero-order chi connectivity index (χ0) is 21.8. The summed E-state index contributed by atoms with van der Waals surface area (Å²) >= 11 is 5.91. The number of primary amides is 1. The van der Waals surface area contributed by atoms with E-state index in [0.717, 1.165) is 5.56 Å². The van der Waals surface area contributed by atoms with Crippen molar-refractivity contribution in [2.45, 2.75) is 6.54 Å². The Kier molecular flexibility index (Phi) is 5.95. The summed E-state index contributed by atoms with van der Waals surface area (Å²) in [4.78, 5) is 25.9. The predicted molar refractivity (Wildman–Crippen MR) is 119 cm³/mol. The van der Waals surface area contributed by atoms with Gasteiger partial charge in [-0.05, 0) is 54.1 Å².